The zero-order valence-corrected chi connectivity index (χ0v) is 22.7. The normalized spacial score (nSPS) is 15.4. The monoisotopic (exact) mass is 563 g/mol. The van der Waals surface area contributed by atoms with Gasteiger partial charge in [-0.15, -0.1) is 0 Å². The van der Waals surface area contributed by atoms with Crippen molar-refractivity contribution in [1.82, 2.24) is 19.3 Å². The molecule has 1 fully saturated rings. The Morgan fingerprint density at radius 3 is 2.32 bits per heavy atom. The van der Waals surface area contributed by atoms with E-state index in [1.165, 1.54) is 16.7 Å². The highest BCUT2D eigenvalue weighted by Gasteiger charge is 2.26. The van der Waals surface area contributed by atoms with Crippen LogP contribution in [-0.4, -0.2) is 65.3 Å². The van der Waals surface area contributed by atoms with E-state index in [0.29, 0.717) is 70.3 Å². The SMILES string of the molecule is CCS(=O)(=O)N1CCN(c2ncc(C(=N)c3cc(O[C@H](C)c4c(Cl)cncc4Cl)ccc3N)cn2)CC1. The molecule has 1 saturated heterocycles. The number of pyridine rings is 1. The molecule has 1 aliphatic heterocycles. The molecule has 1 aliphatic rings. The summed E-state index contributed by atoms with van der Waals surface area (Å²) in [5.41, 5.74) is 8.28. The zero-order valence-electron chi connectivity index (χ0n) is 20.4. The maximum Gasteiger partial charge on any atom is 0.225 e. The molecule has 1 aromatic carbocycles. The van der Waals surface area contributed by atoms with Crippen molar-refractivity contribution in [3.63, 3.8) is 0 Å². The van der Waals surface area contributed by atoms with Crippen LogP contribution in [0, 0.1) is 5.41 Å². The number of hydrogen-bond acceptors (Lipinski definition) is 9. The van der Waals surface area contributed by atoms with E-state index in [-0.39, 0.29) is 11.5 Å². The number of ether oxygens (including phenoxy) is 1. The second-order valence-corrected chi connectivity index (χ2v) is 11.5. The minimum Gasteiger partial charge on any atom is -0.486 e. The van der Waals surface area contributed by atoms with E-state index in [4.69, 9.17) is 39.1 Å². The highest BCUT2D eigenvalue weighted by Crippen LogP contribution is 2.33. The lowest BCUT2D eigenvalue weighted by Crippen LogP contribution is -2.49. The fourth-order valence-corrected chi connectivity index (χ4v) is 5.77. The molecular weight excluding hydrogens is 537 g/mol. The van der Waals surface area contributed by atoms with Gasteiger partial charge in [-0.05, 0) is 32.0 Å². The second-order valence-electron chi connectivity index (χ2n) is 8.46. The van der Waals surface area contributed by atoms with Gasteiger partial charge in [0.2, 0.25) is 16.0 Å². The Morgan fingerprint density at radius 2 is 1.73 bits per heavy atom. The number of nitrogens with zero attached hydrogens (tertiary/aromatic N) is 5. The molecule has 0 radical (unpaired) electrons. The Hall–Kier alpha value is -2.99. The van der Waals surface area contributed by atoms with E-state index in [9.17, 15) is 8.42 Å². The lowest BCUT2D eigenvalue weighted by atomic mass is 10.0. The number of piperazine rings is 1. The van der Waals surface area contributed by atoms with Crippen LogP contribution in [0.2, 0.25) is 10.0 Å². The number of benzene rings is 1. The molecule has 4 rings (SSSR count). The number of anilines is 2. The fraction of sp³-hybridized carbons (Fsp3) is 0.333. The quantitative estimate of drug-likeness (QED) is 0.311. The van der Waals surface area contributed by atoms with Gasteiger partial charge in [-0.25, -0.2) is 18.4 Å². The van der Waals surface area contributed by atoms with Crippen molar-refractivity contribution >= 4 is 50.6 Å². The molecule has 0 aliphatic carbocycles. The molecule has 0 saturated carbocycles. The summed E-state index contributed by atoms with van der Waals surface area (Å²) in [5, 5.41) is 9.50. The zero-order chi connectivity index (χ0) is 26.7. The second kappa shape index (κ2) is 11.2. The average Bonchev–Trinajstić information content (AvgIpc) is 2.89. The van der Waals surface area contributed by atoms with Crippen molar-refractivity contribution in [3.8, 4) is 5.75 Å². The van der Waals surface area contributed by atoms with E-state index in [1.54, 1.807) is 37.5 Å². The topological polar surface area (TPSA) is 138 Å². The first-order valence-electron chi connectivity index (χ1n) is 11.6. The molecule has 10 nitrogen and oxygen atoms in total. The van der Waals surface area contributed by atoms with Gasteiger partial charge in [0.15, 0.2) is 0 Å². The van der Waals surface area contributed by atoms with Crippen molar-refractivity contribution in [2.75, 3.05) is 42.6 Å². The van der Waals surface area contributed by atoms with Gasteiger partial charge in [0.25, 0.3) is 0 Å². The maximum atomic E-state index is 12.1. The number of aromatic nitrogens is 3. The van der Waals surface area contributed by atoms with E-state index in [0.717, 1.165) is 0 Å². The van der Waals surface area contributed by atoms with Crippen molar-refractivity contribution < 1.29 is 13.2 Å². The van der Waals surface area contributed by atoms with Crippen LogP contribution in [0.5, 0.6) is 5.75 Å². The van der Waals surface area contributed by atoms with Crippen LogP contribution >= 0.6 is 23.2 Å². The van der Waals surface area contributed by atoms with Crippen LogP contribution in [0.1, 0.15) is 36.6 Å². The third kappa shape index (κ3) is 5.96. The van der Waals surface area contributed by atoms with E-state index >= 15 is 0 Å². The van der Waals surface area contributed by atoms with E-state index in [2.05, 4.69) is 15.0 Å². The van der Waals surface area contributed by atoms with Gasteiger partial charge in [0.1, 0.15) is 11.9 Å². The number of nitrogens with one attached hydrogen (secondary N) is 1. The Kier molecular flexibility index (Phi) is 8.17. The predicted octanol–water partition coefficient (Wildman–Crippen LogP) is 3.79. The van der Waals surface area contributed by atoms with Crippen molar-refractivity contribution in [3.05, 3.63) is 69.7 Å². The number of halogens is 2. The van der Waals surface area contributed by atoms with Gasteiger partial charge in [0, 0.05) is 73.3 Å². The van der Waals surface area contributed by atoms with Gasteiger partial charge < -0.3 is 15.4 Å². The molecule has 2 aromatic heterocycles. The first kappa shape index (κ1) is 27.1. The van der Waals surface area contributed by atoms with Gasteiger partial charge in [-0.1, -0.05) is 23.2 Å². The summed E-state index contributed by atoms with van der Waals surface area (Å²) >= 11 is 12.5. The largest absolute Gasteiger partial charge is 0.486 e. The Morgan fingerprint density at radius 1 is 1.11 bits per heavy atom. The Balaban J connectivity index is 1.47. The molecule has 0 spiro atoms. The molecule has 0 unspecified atom stereocenters. The highest BCUT2D eigenvalue weighted by atomic mass is 35.5. The van der Waals surface area contributed by atoms with Crippen LogP contribution in [0.4, 0.5) is 11.6 Å². The highest BCUT2D eigenvalue weighted by molar-refractivity contribution is 7.89. The molecule has 37 heavy (non-hydrogen) atoms. The lowest BCUT2D eigenvalue weighted by molar-refractivity contribution is 0.227. The summed E-state index contributed by atoms with van der Waals surface area (Å²) in [4.78, 5) is 14.7. The summed E-state index contributed by atoms with van der Waals surface area (Å²) in [7, 11) is -3.21. The summed E-state index contributed by atoms with van der Waals surface area (Å²) in [6.07, 6.45) is 5.66. The minimum absolute atomic E-state index is 0.0832. The number of hydrogen-bond donors (Lipinski definition) is 2. The summed E-state index contributed by atoms with van der Waals surface area (Å²) in [5.74, 6) is 1.05. The molecule has 3 heterocycles. The van der Waals surface area contributed by atoms with Crippen LogP contribution in [-0.2, 0) is 10.0 Å². The van der Waals surface area contributed by atoms with Crippen LogP contribution < -0.4 is 15.4 Å². The average molecular weight is 564 g/mol. The van der Waals surface area contributed by atoms with Crippen LogP contribution in [0.15, 0.2) is 43.0 Å². The molecule has 3 aromatic rings. The van der Waals surface area contributed by atoms with E-state index in [1.807, 2.05) is 11.8 Å². The molecule has 196 valence electrons. The molecule has 13 heteroatoms. The number of rotatable bonds is 8. The molecule has 3 N–H and O–H groups in total. The summed E-state index contributed by atoms with van der Waals surface area (Å²) in [6, 6.07) is 5.06. The Labute approximate surface area is 226 Å². The smallest absolute Gasteiger partial charge is 0.225 e. The van der Waals surface area contributed by atoms with Crippen molar-refractivity contribution in [2.45, 2.75) is 20.0 Å². The molecule has 0 bridgehead atoms. The minimum atomic E-state index is -3.21. The third-order valence-electron chi connectivity index (χ3n) is 6.11. The van der Waals surface area contributed by atoms with Gasteiger partial charge in [-0.3, -0.25) is 10.4 Å². The number of sulfonamides is 1. The van der Waals surface area contributed by atoms with Crippen molar-refractivity contribution in [2.24, 2.45) is 0 Å². The van der Waals surface area contributed by atoms with Crippen molar-refractivity contribution in [1.29, 1.82) is 5.41 Å². The van der Waals surface area contributed by atoms with Crippen LogP contribution in [0.25, 0.3) is 0 Å². The van der Waals surface area contributed by atoms with Gasteiger partial charge >= 0.3 is 0 Å². The first-order chi connectivity index (χ1) is 17.6. The summed E-state index contributed by atoms with van der Waals surface area (Å²) in [6.45, 7) is 5.21. The van der Waals surface area contributed by atoms with Gasteiger partial charge in [0.05, 0.1) is 21.5 Å². The predicted molar refractivity (Wildman–Crippen MR) is 145 cm³/mol. The third-order valence-corrected chi connectivity index (χ3v) is 8.59. The molecule has 1 atom stereocenters. The standard InChI is InChI=1S/C24H27Cl2N7O3S/c1-3-37(34,35)33-8-6-32(7-9-33)24-30-11-16(12-31-24)23(28)18-10-17(4-5-21(18)27)36-15(2)22-19(25)13-29-14-20(22)26/h4-5,10-15,28H,3,6-9,27H2,1-2H3/t15-/m1/s1. The molecular formula is C24H27Cl2N7O3S. The fourth-order valence-electron chi connectivity index (χ4n) is 4.02. The number of nitrogen functional groups attached to an aromatic ring is 1. The van der Waals surface area contributed by atoms with Crippen LogP contribution in [0.3, 0.4) is 0 Å². The van der Waals surface area contributed by atoms with Gasteiger partial charge in [-0.2, -0.15) is 4.31 Å². The Bertz CT molecular complexity index is 1380. The van der Waals surface area contributed by atoms with E-state index < -0.39 is 16.1 Å². The summed E-state index contributed by atoms with van der Waals surface area (Å²) < 4.78 is 31.7. The lowest BCUT2D eigenvalue weighted by Gasteiger charge is -2.33. The molecule has 0 amide bonds. The first-order valence-corrected chi connectivity index (χ1v) is 14.0. The number of nitrogens with two attached hydrogens (primary N) is 1. The maximum absolute atomic E-state index is 12.1.